The first-order chi connectivity index (χ1) is 12.1. The van der Waals surface area contributed by atoms with Crippen molar-refractivity contribution in [3.05, 3.63) is 29.3 Å². The largest absolute Gasteiger partial charge is 0.550 e. The number of carboxylic acid groups (broad SMARTS) is 1. The molecule has 1 aromatic rings. The molecule has 2 bridgehead atoms. The quantitative estimate of drug-likeness (QED) is 0.783. The van der Waals surface area contributed by atoms with E-state index in [-0.39, 0.29) is 18.1 Å². The molecule has 0 saturated carbocycles. The van der Waals surface area contributed by atoms with Crippen LogP contribution in [0.3, 0.4) is 0 Å². The maximum atomic E-state index is 12.9. The van der Waals surface area contributed by atoms with Gasteiger partial charge >= 0.3 is 0 Å². The third kappa shape index (κ3) is 2.87. The Balaban J connectivity index is 1.43. The van der Waals surface area contributed by atoms with E-state index in [1.165, 1.54) is 0 Å². The highest BCUT2D eigenvalue weighted by atomic mass is 35.5. The fourth-order valence-electron chi connectivity index (χ4n) is 4.38. The number of nitrogens with zero attached hydrogens (tertiary/aromatic N) is 2. The van der Waals surface area contributed by atoms with E-state index in [4.69, 9.17) is 16.3 Å². The van der Waals surface area contributed by atoms with E-state index in [1.807, 2.05) is 24.3 Å². The van der Waals surface area contributed by atoms with Crippen LogP contribution < -0.4 is 10.0 Å². The zero-order chi connectivity index (χ0) is 17.6. The first kappa shape index (κ1) is 16.7. The van der Waals surface area contributed by atoms with E-state index >= 15 is 0 Å². The van der Waals surface area contributed by atoms with Gasteiger partial charge in [-0.15, -0.1) is 0 Å². The number of carboxylic acids is 1. The van der Waals surface area contributed by atoms with Gasteiger partial charge in [-0.25, -0.2) is 0 Å². The van der Waals surface area contributed by atoms with Crippen LogP contribution in [0.1, 0.15) is 12.8 Å². The molecular weight excluding hydrogens is 344 g/mol. The molecular formula is C18H20ClN2O4-. The summed E-state index contributed by atoms with van der Waals surface area (Å²) in [6.07, 6.45) is 0.813. The third-order valence-corrected chi connectivity index (χ3v) is 5.93. The fourth-order valence-corrected chi connectivity index (χ4v) is 4.63. The van der Waals surface area contributed by atoms with Crippen molar-refractivity contribution in [3.8, 4) is 0 Å². The van der Waals surface area contributed by atoms with Crippen LogP contribution in [-0.2, 0) is 14.3 Å². The Bertz CT molecular complexity index is 689. The molecule has 7 heteroatoms. The van der Waals surface area contributed by atoms with Gasteiger partial charge in [0, 0.05) is 38.1 Å². The summed E-state index contributed by atoms with van der Waals surface area (Å²) in [5.41, 5.74) is 0.965. The van der Waals surface area contributed by atoms with Crippen molar-refractivity contribution in [1.82, 2.24) is 4.90 Å². The Labute approximate surface area is 151 Å². The van der Waals surface area contributed by atoms with Crippen LogP contribution in [0.4, 0.5) is 5.69 Å². The van der Waals surface area contributed by atoms with Gasteiger partial charge in [0.2, 0.25) is 5.91 Å². The summed E-state index contributed by atoms with van der Waals surface area (Å²) in [6, 6.07) is 7.65. The lowest BCUT2D eigenvalue weighted by Crippen LogP contribution is -2.54. The van der Waals surface area contributed by atoms with Gasteiger partial charge in [-0.2, -0.15) is 0 Å². The molecule has 3 heterocycles. The van der Waals surface area contributed by atoms with Gasteiger partial charge in [0.1, 0.15) is 0 Å². The zero-order valence-electron chi connectivity index (χ0n) is 13.8. The lowest BCUT2D eigenvalue weighted by molar-refractivity contribution is -0.314. The van der Waals surface area contributed by atoms with Crippen LogP contribution in [-0.4, -0.2) is 55.2 Å². The van der Waals surface area contributed by atoms with Crippen LogP contribution >= 0.6 is 11.6 Å². The standard InChI is InChI=1S/C18H21ClN2O4/c19-11-3-1-2-4-12(11)20-7-9-21(10-8-20)17(22)15-13-5-6-14(25-13)16(15)18(23)24/h1-4,13-16H,5-10H2,(H,23,24)/p-1/t13-,14+,15-,16-/m0/s1. The number of fused-ring (bicyclic) bond motifs is 2. The van der Waals surface area contributed by atoms with E-state index in [0.717, 1.165) is 12.1 Å². The molecule has 1 amide bonds. The minimum absolute atomic E-state index is 0.111. The molecule has 0 aliphatic carbocycles. The van der Waals surface area contributed by atoms with Gasteiger partial charge < -0.3 is 24.4 Å². The molecule has 0 unspecified atom stereocenters. The molecule has 134 valence electrons. The molecule has 3 aliphatic heterocycles. The summed E-state index contributed by atoms with van der Waals surface area (Å²) >= 11 is 6.25. The molecule has 4 rings (SSSR count). The monoisotopic (exact) mass is 363 g/mol. The highest BCUT2D eigenvalue weighted by molar-refractivity contribution is 6.33. The number of para-hydroxylation sites is 1. The highest BCUT2D eigenvalue weighted by Crippen LogP contribution is 2.44. The van der Waals surface area contributed by atoms with Crippen molar-refractivity contribution in [3.63, 3.8) is 0 Å². The number of piperazine rings is 1. The van der Waals surface area contributed by atoms with Crippen molar-refractivity contribution in [2.45, 2.75) is 25.0 Å². The second-order valence-corrected chi connectivity index (χ2v) is 7.33. The molecule has 0 N–H and O–H groups in total. The first-order valence-corrected chi connectivity index (χ1v) is 9.08. The average Bonchev–Trinajstić information content (AvgIpc) is 3.23. The number of amides is 1. The second kappa shape index (κ2) is 6.50. The maximum Gasteiger partial charge on any atom is 0.229 e. The number of hydrogen-bond donors (Lipinski definition) is 0. The van der Waals surface area contributed by atoms with E-state index in [9.17, 15) is 14.7 Å². The molecule has 4 atom stereocenters. The van der Waals surface area contributed by atoms with E-state index in [0.29, 0.717) is 37.6 Å². The third-order valence-electron chi connectivity index (χ3n) is 5.62. The molecule has 3 aliphatic rings. The fraction of sp³-hybridized carbons (Fsp3) is 0.556. The van der Waals surface area contributed by atoms with Crippen molar-refractivity contribution in [2.24, 2.45) is 11.8 Å². The molecule has 0 aromatic heterocycles. The van der Waals surface area contributed by atoms with Gasteiger partial charge in [-0.1, -0.05) is 23.7 Å². The normalized spacial score (nSPS) is 31.4. The average molecular weight is 364 g/mol. The van der Waals surface area contributed by atoms with Crippen LogP contribution in [0.5, 0.6) is 0 Å². The zero-order valence-corrected chi connectivity index (χ0v) is 14.5. The summed E-state index contributed by atoms with van der Waals surface area (Å²) in [5.74, 6) is -2.69. The Kier molecular flexibility index (Phi) is 4.33. The predicted molar refractivity (Wildman–Crippen MR) is 90.1 cm³/mol. The molecule has 6 nitrogen and oxygen atoms in total. The number of anilines is 1. The number of aliphatic carboxylic acids is 1. The van der Waals surface area contributed by atoms with Gasteiger partial charge in [0.05, 0.1) is 28.8 Å². The Hall–Kier alpha value is -1.79. The number of carbonyl (C=O) groups is 2. The van der Waals surface area contributed by atoms with Crippen molar-refractivity contribution in [1.29, 1.82) is 0 Å². The number of rotatable bonds is 3. The maximum absolute atomic E-state index is 12.9. The summed E-state index contributed by atoms with van der Waals surface area (Å²) in [6.45, 7) is 2.45. The van der Waals surface area contributed by atoms with Gasteiger partial charge in [-0.05, 0) is 25.0 Å². The predicted octanol–water partition coefficient (Wildman–Crippen LogP) is 0.532. The number of ether oxygens (including phenoxy) is 1. The second-order valence-electron chi connectivity index (χ2n) is 6.92. The molecule has 25 heavy (non-hydrogen) atoms. The lowest BCUT2D eigenvalue weighted by Gasteiger charge is -2.39. The van der Waals surface area contributed by atoms with Crippen LogP contribution in [0.2, 0.25) is 5.02 Å². The van der Waals surface area contributed by atoms with Crippen molar-refractivity contribution >= 4 is 29.2 Å². The summed E-state index contributed by atoms with van der Waals surface area (Å²) in [5, 5.41) is 12.2. The lowest BCUT2D eigenvalue weighted by atomic mass is 9.78. The van der Waals surface area contributed by atoms with Gasteiger partial charge in [0.25, 0.3) is 0 Å². The number of benzene rings is 1. The molecule has 0 spiro atoms. The van der Waals surface area contributed by atoms with E-state index < -0.39 is 17.8 Å². The Morgan fingerprint density at radius 2 is 1.68 bits per heavy atom. The summed E-state index contributed by atoms with van der Waals surface area (Å²) < 4.78 is 5.68. The molecule has 0 radical (unpaired) electrons. The summed E-state index contributed by atoms with van der Waals surface area (Å²) in [4.78, 5) is 28.3. The number of hydrogen-bond acceptors (Lipinski definition) is 5. The van der Waals surface area contributed by atoms with Gasteiger partial charge in [0.15, 0.2) is 0 Å². The minimum Gasteiger partial charge on any atom is -0.550 e. The first-order valence-electron chi connectivity index (χ1n) is 8.71. The van der Waals surface area contributed by atoms with Crippen molar-refractivity contribution in [2.75, 3.05) is 31.1 Å². The van der Waals surface area contributed by atoms with Crippen molar-refractivity contribution < 1.29 is 19.4 Å². The number of carbonyl (C=O) groups excluding carboxylic acids is 2. The van der Waals surface area contributed by atoms with E-state index in [1.54, 1.807) is 4.90 Å². The Morgan fingerprint density at radius 1 is 1.04 bits per heavy atom. The topological polar surface area (TPSA) is 72.9 Å². The molecule has 1 aromatic carbocycles. The highest BCUT2D eigenvalue weighted by Gasteiger charge is 2.53. The Morgan fingerprint density at radius 3 is 2.32 bits per heavy atom. The van der Waals surface area contributed by atoms with Gasteiger partial charge in [-0.3, -0.25) is 4.79 Å². The van der Waals surface area contributed by atoms with Crippen LogP contribution in [0.25, 0.3) is 0 Å². The van der Waals surface area contributed by atoms with Crippen LogP contribution in [0, 0.1) is 11.8 Å². The molecule has 3 fully saturated rings. The van der Waals surface area contributed by atoms with E-state index in [2.05, 4.69) is 4.90 Å². The number of halogens is 1. The minimum atomic E-state index is -1.17. The SMILES string of the molecule is O=C([O-])[C@@H]1[C@@H](C(=O)N2CCN(c3ccccc3Cl)CC2)[C@@H]2CC[C@H]1O2. The van der Waals surface area contributed by atoms with Crippen LogP contribution in [0.15, 0.2) is 24.3 Å². The smallest absolute Gasteiger partial charge is 0.229 e. The summed E-state index contributed by atoms with van der Waals surface area (Å²) in [7, 11) is 0. The molecule has 3 saturated heterocycles.